The van der Waals surface area contributed by atoms with Crippen LogP contribution in [0.3, 0.4) is 0 Å². The minimum absolute atomic E-state index is 0.191. The average Bonchev–Trinajstić information content (AvgIpc) is 2.72. The van der Waals surface area contributed by atoms with Crippen LogP contribution < -0.4 is 4.74 Å². The van der Waals surface area contributed by atoms with Crippen molar-refractivity contribution in [2.24, 2.45) is 5.92 Å². The van der Waals surface area contributed by atoms with Crippen LogP contribution in [-0.4, -0.2) is 42.2 Å². The number of likely N-dealkylation sites (tertiary alicyclic amines) is 1. The number of fused-ring (bicyclic) bond motifs is 1. The Hall–Kier alpha value is -2.66. The number of hydrogen-bond acceptors (Lipinski definition) is 3. The Balaban J connectivity index is 1.26. The topological polar surface area (TPSA) is 49.8 Å². The van der Waals surface area contributed by atoms with Crippen molar-refractivity contribution in [3.63, 3.8) is 0 Å². The van der Waals surface area contributed by atoms with E-state index in [2.05, 4.69) is 30.0 Å². The van der Waals surface area contributed by atoms with Gasteiger partial charge >= 0.3 is 5.97 Å². The van der Waals surface area contributed by atoms with E-state index in [1.165, 1.54) is 34.4 Å². The molecule has 2 aliphatic rings. The summed E-state index contributed by atoms with van der Waals surface area (Å²) in [5.74, 6) is -0.154. The molecule has 1 saturated heterocycles. The normalized spacial score (nSPS) is 16.7. The van der Waals surface area contributed by atoms with Gasteiger partial charge in [0.1, 0.15) is 11.6 Å². The van der Waals surface area contributed by atoms with Gasteiger partial charge < -0.3 is 9.84 Å². The van der Waals surface area contributed by atoms with Crippen LogP contribution in [-0.2, 0) is 17.6 Å². The molecule has 4 rings (SSSR count). The van der Waals surface area contributed by atoms with Crippen molar-refractivity contribution in [2.75, 3.05) is 26.2 Å². The van der Waals surface area contributed by atoms with Gasteiger partial charge in [0.05, 0.1) is 12.5 Å². The summed E-state index contributed by atoms with van der Waals surface area (Å²) in [4.78, 5) is 13.2. The molecule has 4 nitrogen and oxygen atoms in total. The molecule has 1 N–H and O–H groups in total. The third kappa shape index (κ3) is 5.34. The van der Waals surface area contributed by atoms with Crippen molar-refractivity contribution >= 4 is 11.5 Å². The molecule has 164 valence electrons. The van der Waals surface area contributed by atoms with Crippen LogP contribution in [0.25, 0.3) is 5.57 Å². The van der Waals surface area contributed by atoms with Crippen LogP contribution in [0.15, 0.2) is 48.0 Å². The lowest BCUT2D eigenvalue weighted by Gasteiger charge is -2.38. The van der Waals surface area contributed by atoms with Crippen LogP contribution >= 0.6 is 0 Å². The summed E-state index contributed by atoms with van der Waals surface area (Å²) in [6, 6.07) is 13.1. The Morgan fingerprint density at radius 3 is 2.65 bits per heavy atom. The first-order valence-electron chi connectivity index (χ1n) is 11.1. The minimum atomic E-state index is -0.682. The van der Waals surface area contributed by atoms with Crippen molar-refractivity contribution in [3.8, 4) is 5.75 Å². The monoisotopic (exact) mass is 423 g/mol. The maximum absolute atomic E-state index is 13.0. The first kappa shape index (κ1) is 21.6. The summed E-state index contributed by atoms with van der Waals surface area (Å²) in [6.45, 7) is 5.05. The lowest BCUT2D eigenvalue weighted by molar-refractivity contribution is -0.147. The highest BCUT2D eigenvalue weighted by Crippen LogP contribution is 2.34. The van der Waals surface area contributed by atoms with Gasteiger partial charge in [0, 0.05) is 19.6 Å². The number of hydrogen-bond donors (Lipinski definition) is 1. The Morgan fingerprint density at radius 1 is 1.13 bits per heavy atom. The number of halogens is 1. The van der Waals surface area contributed by atoms with Crippen molar-refractivity contribution < 1.29 is 19.0 Å². The number of benzene rings is 2. The molecule has 0 aromatic heterocycles. The van der Waals surface area contributed by atoms with E-state index in [0.29, 0.717) is 19.7 Å². The molecule has 0 atom stereocenters. The maximum Gasteiger partial charge on any atom is 0.309 e. The van der Waals surface area contributed by atoms with Gasteiger partial charge in [-0.25, -0.2) is 4.39 Å². The van der Waals surface area contributed by atoms with Gasteiger partial charge in [0.2, 0.25) is 0 Å². The van der Waals surface area contributed by atoms with E-state index in [9.17, 15) is 9.18 Å². The number of unbranched alkanes of at least 4 members (excludes halogenated alkanes) is 1. The Bertz CT molecular complexity index is 961. The van der Waals surface area contributed by atoms with Crippen molar-refractivity contribution in [1.29, 1.82) is 0 Å². The SMILES string of the molecule is CC1=C(CN2CC(C(=O)O)C2)CCc2cc(OCCCCc3ccc(F)cc3)ccc21. The third-order valence-corrected chi connectivity index (χ3v) is 6.47. The fourth-order valence-electron chi connectivity index (χ4n) is 4.49. The number of allylic oxidation sites excluding steroid dienone is 1. The van der Waals surface area contributed by atoms with E-state index < -0.39 is 5.97 Å². The molecule has 2 aromatic rings. The number of carbonyl (C=O) groups is 1. The molecule has 1 aliphatic heterocycles. The molecule has 1 aliphatic carbocycles. The highest BCUT2D eigenvalue weighted by Gasteiger charge is 2.33. The van der Waals surface area contributed by atoms with Crippen molar-refractivity contribution in [1.82, 2.24) is 4.90 Å². The maximum atomic E-state index is 13.0. The van der Waals surface area contributed by atoms with Crippen molar-refractivity contribution in [3.05, 3.63) is 70.5 Å². The number of carboxylic acids is 1. The molecular formula is C26H30FNO3. The third-order valence-electron chi connectivity index (χ3n) is 6.47. The summed E-state index contributed by atoms with van der Waals surface area (Å²) in [5, 5.41) is 9.05. The fraction of sp³-hybridized carbons (Fsp3) is 0.423. The van der Waals surface area contributed by atoms with Crippen molar-refractivity contribution in [2.45, 2.75) is 39.0 Å². The lowest BCUT2D eigenvalue weighted by atomic mass is 9.85. The van der Waals surface area contributed by atoms with E-state index >= 15 is 0 Å². The summed E-state index contributed by atoms with van der Waals surface area (Å²) in [6.07, 6.45) is 4.94. The zero-order valence-corrected chi connectivity index (χ0v) is 18.1. The zero-order chi connectivity index (χ0) is 21.8. The van der Waals surface area contributed by atoms with Crippen LogP contribution in [0.2, 0.25) is 0 Å². The minimum Gasteiger partial charge on any atom is -0.494 e. The molecule has 5 heteroatoms. The zero-order valence-electron chi connectivity index (χ0n) is 18.1. The summed E-state index contributed by atoms with van der Waals surface area (Å²) in [5.41, 5.74) is 6.53. The van der Waals surface area contributed by atoms with E-state index in [4.69, 9.17) is 9.84 Å². The van der Waals surface area contributed by atoms with Crippen LogP contribution in [0.1, 0.15) is 42.9 Å². The molecule has 0 saturated carbocycles. The Morgan fingerprint density at radius 2 is 1.90 bits per heavy atom. The second kappa shape index (κ2) is 9.65. The molecule has 0 amide bonds. The second-order valence-corrected chi connectivity index (χ2v) is 8.71. The summed E-state index contributed by atoms with van der Waals surface area (Å²) in [7, 11) is 0. The Labute approximate surface area is 183 Å². The fourth-order valence-corrected chi connectivity index (χ4v) is 4.49. The van der Waals surface area contributed by atoms with Gasteiger partial charge in [-0.1, -0.05) is 23.8 Å². The van der Waals surface area contributed by atoms with E-state index in [0.717, 1.165) is 50.0 Å². The predicted molar refractivity (Wildman–Crippen MR) is 120 cm³/mol. The number of aliphatic carboxylic acids is 1. The number of aryl methyl sites for hydroxylation is 2. The highest BCUT2D eigenvalue weighted by molar-refractivity contribution is 5.73. The standard InChI is InChI=1S/C26H30FNO3/c1-18-21(15-28-16-22(17-28)26(29)30)8-7-20-14-24(11-12-25(18)20)31-13-3-2-4-19-5-9-23(27)10-6-19/h5-6,9-12,14,22H,2-4,7-8,13,15-17H2,1H3,(H,29,30). The molecule has 0 unspecified atom stereocenters. The van der Waals surface area contributed by atoms with Crippen LogP contribution in [0, 0.1) is 11.7 Å². The van der Waals surface area contributed by atoms with Gasteiger partial charge in [0.15, 0.2) is 0 Å². The average molecular weight is 424 g/mol. The van der Waals surface area contributed by atoms with Gasteiger partial charge in [-0.15, -0.1) is 0 Å². The largest absolute Gasteiger partial charge is 0.494 e. The first-order valence-corrected chi connectivity index (χ1v) is 11.1. The van der Waals surface area contributed by atoms with E-state index in [1.807, 2.05) is 12.1 Å². The molecular weight excluding hydrogens is 393 g/mol. The molecule has 31 heavy (non-hydrogen) atoms. The van der Waals surface area contributed by atoms with Gasteiger partial charge in [-0.3, -0.25) is 9.69 Å². The Kier molecular flexibility index (Phi) is 6.71. The number of rotatable bonds is 9. The molecule has 0 radical (unpaired) electrons. The molecule has 0 bridgehead atoms. The second-order valence-electron chi connectivity index (χ2n) is 8.71. The first-order chi connectivity index (χ1) is 15.0. The lowest BCUT2D eigenvalue weighted by Crippen LogP contribution is -2.50. The molecule has 1 heterocycles. The number of ether oxygens (including phenoxy) is 1. The number of carboxylic acid groups (broad SMARTS) is 1. The summed E-state index contributed by atoms with van der Waals surface area (Å²) < 4.78 is 18.9. The molecule has 2 aromatic carbocycles. The highest BCUT2D eigenvalue weighted by atomic mass is 19.1. The number of nitrogens with zero attached hydrogens (tertiary/aromatic N) is 1. The van der Waals surface area contributed by atoms with E-state index in [1.54, 1.807) is 0 Å². The quantitative estimate of drug-likeness (QED) is 0.579. The van der Waals surface area contributed by atoms with Gasteiger partial charge in [-0.05, 0) is 85.6 Å². The summed E-state index contributed by atoms with van der Waals surface area (Å²) >= 11 is 0. The van der Waals surface area contributed by atoms with Gasteiger partial charge in [0.25, 0.3) is 0 Å². The smallest absolute Gasteiger partial charge is 0.309 e. The van der Waals surface area contributed by atoms with Gasteiger partial charge in [-0.2, -0.15) is 0 Å². The van der Waals surface area contributed by atoms with Crippen LogP contribution in [0.4, 0.5) is 4.39 Å². The van der Waals surface area contributed by atoms with E-state index in [-0.39, 0.29) is 11.7 Å². The molecule has 1 fully saturated rings. The van der Waals surface area contributed by atoms with Crippen LogP contribution in [0.5, 0.6) is 5.75 Å². The predicted octanol–water partition coefficient (Wildman–Crippen LogP) is 4.96. The molecule has 0 spiro atoms.